The summed E-state index contributed by atoms with van der Waals surface area (Å²) in [6.45, 7) is 1.69. The zero-order valence-electron chi connectivity index (χ0n) is 16.3. The van der Waals surface area contributed by atoms with Crippen LogP contribution in [-0.2, 0) is 11.2 Å². The van der Waals surface area contributed by atoms with E-state index in [2.05, 4.69) is 32.2 Å². The maximum Gasteiger partial charge on any atom is 0.200 e. The molecule has 4 aromatic rings. The molecule has 1 fully saturated rings. The molecule has 8 heteroatoms. The lowest BCUT2D eigenvalue weighted by Crippen LogP contribution is -2.35. The third-order valence-corrected chi connectivity index (χ3v) is 6.38. The van der Waals surface area contributed by atoms with Gasteiger partial charge in [0.05, 0.1) is 23.5 Å². The molecule has 1 aliphatic heterocycles. The molecule has 152 valence electrons. The standard InChI is InChI=1S/C22H21N5O2S/c28-10-7-15-1-4-21-24-25-22(27(21)14-15)30-19-2-3-20-16(12-19)11-17(13-23-20)26-8-5-18(29)6-9-26/h1-4,10-14,18,29H,5-9H2. The zero-order valence-corrected chi connectivity index (χ0v) is 17.1. The summed E-state index contributed by atoms with van der Waals surface area (Å²) in [5.74, 6) is 0. The maximum absolute atomic E-state index is 10.8. The minimum atomic E-state index is -0.192. The van der Waals surface area contributed by atoms with Gasteiger partial charge >= 0.3 is 0 Å². The Labute approximate surface area is 177 Å². The van der Waals surface area contributed by atoms with Crippen LogP contribution in [0.25, 0.3) is 16.6 Å². The van der Waals surface area contributed by atoms with Gasteiger partial charge in [-0.1, -0.05) is 6.07 Å². The fourth-order valence-corrected chi connectivity index (χ4v) is 4.62. The molecule has 1 aromatic carbocycles. The van der Waals surface area contributed by atoms with E-state index in [1.165, 1.54) is 11.8 Å². The molecule has 0 spiro atoms. The van der Waals surface area contributed by atoms with Crippen molar-refractivity contribution in [2.45, 2.75) is 35.4 Å². The molecule has 7 nitrogen and oxygen atoms in total. The number of hydrogen-bond donors (Lipinski definition) is 1. The number of aldehydes is 1. The number of piperidine rings is 1. The number of aliphatic hydroxyl groups excluding tert-OH is 1. The van der Waals surface area contributed by atoms with Gasteiger partial charge in [-0.2, -0.15) is 0 Å². The van der Waals surface area contributed by atoms with E-state index >= 15 is 0 Å². The van der Waals surface area contributed by atoms with E-state index in [4.69, 9.17) is 0 Å². The van der Waals surface area contributed by atoms with E-state index in [9.17, 15) is 9.90 Å². The second-order valence-electron chi connectivity index (χ2n) is 7.49. The molecule has 1 N–H and O–H groups in total. The summed E-state index contributed by atoms with van der Waals surface area (Å²) >= 11 is 1.53. The van der Waals surface area contributed by atoms with Crippen LogP contribution in [0.1, 0.15) is 18.4 Å². The van der Waals surface area contributed by atoms with E-state index in [0.717, 1.165) is 70.1 Å². The van der Waals surface area contributed by atoms with Crippen molar-refractivity contribution >= 4 is 40.3 Å². The molecular formula is C22H21N5O2S. The van der Waals surface area contributed by atoms with Gasteiger partial charge in [-0.05, 0) is 60.5 Å². The fourth-order valence-electron chi connectivity index (χ4n) is 3.76. The van der Waals surface area contributed by atoms with Crippen LogP contribution in [-0.4, -0.2) is 50.2 Å². The highest BCUT2D eigenvalue weighted by molar-refractivity contribution is 7.99. The van der Waals surface area contributed by atoms with E-state index in [0.29, 0.717) is 6.42 Å². The summed E-state index contributed by atoms with van der Waals surface area (Å²) in [7, 11) is 0. The molecule has 5 rings (SSSR count). The van der Waals surface area contributed by atoms with Crippen molar-refractivity contribution in [3.8, 4) is 0 Å². The molecule has 4 heterocycles. The summed E-state index contributed by atoms with van der Waals surface area (Å²) in [6, 6.07) is 12.1. The molecular weight excluding hydrogens is 398 g/mol. The molecule has 1 aliphatic rings. The number of anilines is 1. The third kappa shape index (κ3) is 3.76. The number of aliphatic hydroxyl groups is 1. The lowest BCUT2D eigenvalue weighted by Gasteiger charge is -2.31. The Morgan fingerprint density at radius 2 is 2.00 bits per heavy atom. The fraction of sp³-hybridized carbons (Fsp3) is 0.273. The number of rotatable bonds is 5. The molecule has 0 bridgehead atoms. The smallest absolute Gasteiger partial charge is 0.200 e. The molecule has 0 atom stereocenters. The van der Waals surface area contributed by atoms with Crippen LogP contribution in [0.15, 0.2) is 58.8 Å². The zero-order chi connectivity index (χ0) is 20.5. The van der Waals surface area contributed by atoms with Gasteiger partial charge in [-0.3, -0.25) is 9.38 Å². The Bertz CT molecular complexity index is 1220. The van der Waals surface area contributed by atoms with Crippen LogP contribution in [0.2, 0.25) is 0 Å². The molecule has 0 radical (unpaired) electrons. The Balaban J connectivity index is 1.44. The predicted octanol–water partition coefficient (Wildman–Crippen LogP) is 3.13. The van der Waals surface area contributed by atoms with E-state index < -0.39 is 0 Å². The van der Waals surface area contributed by atoms with Crippen LogP contribution in [0.5, 0.6) is 0 Å². The minimum Gasteiger partial charge on any atom is -0.393 e. The monoisotopic (exact) mass is 419 g/mol. The average Bonchev–Trinajstić information content (AvgIpc) is 3.16. The summed E-state index contributed by atoms with van der Waals surface area (Å²) in [4.78, 5) is 18.8. The van der Waals surface area contributed by atoms with Crippen LogP contribution < -0.4 is 4.90 Å². The second-order valence-corrected chi connectivity index (χ2v) is 8.53. The van der Waals surface area contributed by atoms with Gasteiger partial charge in [-0.15, -0.1) is 10.2 Å². The van der Waals surface area contributed by atoms with Gasteiger partial charge in [0.1, 0.15) is 6.29 Å². The summed E-state index contributed by atoms with van der Waals surface area (Å²) in [6.07, 6.45) is 6.49. The van der Waals surface area contributed by atoms with Crippen molar-refractivity contribution in [1.82, 2.24) is 19.6 Å². The Kier molecular flexibility index (Phi) is 5.10. The van der Waals surface area contributed by atoms with Crippen LogP contribution >= 0.6 is 11.8 Å². The number of fused-ring (bicyclic) bond motifs is 2. The Morgan fingerprint density at radius 1 is 1.13 bits per heavy atom. The van der Waals surface area contributed by atoms with E-state index in [1.807, 2.05) is 41.1 Å². The van der Waals surface area contributed by atoms with E-state index in [-0.39, 0.29) is 6.10 Å². The predicted molar refractivity (Wildman–Crippen MR) is 116 cm³/mol. The second kappa shape index (κ2) is 8.04. The lowest BCUT2D eigenvalue weighted by molar-refractivity contribution is -0.107. The van der Waals surface area contributed by atoms with Gasteiger partial charge in [0.25, 0.3) is 0 Å². The molecule has 30 heavy (non-hydrogen) atoms. The normalized spacial score (nSPS) is 15.2. The first kappa shape index (κ1) is 19.0. The quantitative estimate of drug-likeness (QED) is 0.498. The topological polar surface area (TPSA) is 83.6 Å². The summed E-state index contributed by atoms with van der Waals surface area (Å²) in [5, 5.41) is 20.1. The van der Waals surface area contributed by atoms with Crippen molar-refractivity contribution in [3.63, 3.8) is 0 Å². The van der Waals surface area contributed by atoms with Crippen molar-refractivity contribution in [3.05, 3.63) is 54.4 Å². The summed E-state index contributed by atoms with van der Waals surface area (Å²) < 4.78 is 1.92. The van der Waals surface area contributed by atoms with E-state index in [1.54, 1.807) is 0 Å². The third-order valence-electron chi connectivity index (χ3n) is 5.43. The van der Waals surface area contributed by atoms with Gasteiger partial charge in [0.2, 0.25) is 0 Å². The molecule has 3 aromatic heterocycles. The number of benzene rings is 1. The lowest BCUT2D eigenvalue weighted by atomic mass is 10.1. The highest BCUT2D eigenvalue weighted by Gasteiger charge is 2.18. The first-order valence-electron chi connectivity index (χ1n) is 9.97. The molecule has 0 aliphatic carbocycles. The molecule has 0 saturated carbocycles. The first-order chi connectivity index (χ1) is 14.7. The highest BCUT2D eigenvalue weighted by atomic mass is 32.2. The van der Waals surface area contributed by atoms with Gasteiger partial charge < -0.3 is 14.8 Å². The molecule has 0 amide bonds. The number of nitrogens with zero attached hydrogens (tertiary/aromatic N) is 5. The van der Waals surface area contributed by atoms with Crippen molar-refractivity contribution in [2.24, 2.45) is 0 Å². The van der Waals surface area contributed by atoms with Crippen molar-refractivity contribution < 1.29 is 9.90 Å². The highest BCUT2D eigenvalue weighted by Crippen LogP contribution is 2.31. The van der Waals surface area contributed by atoms with Crippen LogP contribution in [0.3, 0.4) is 0 Å². The Morgan fingerprint density at radius 3 is 2.83 bits per heavy atom. The average molecular weight is 420 g/mol. The number of hydrogen-bond acceptors (Lipinski definition) is 7. The largest absolute Gasteiger partial charge is 0.393 e. The maximum atomic E-state index is 10.8. The number of carbonyl (C=O) groups excluding carboxylic acids is 1. The van der Waals surface area contributed by atoms with Crippen molar-refractivity contribution in [2.75, 3.05) is 18.0 Å². The van der Waals surface area contributed by atoms with Gasteiger partial charge in [0.15, 0.2) is 10.8 Å². The minimum absolute atomic E-state index is 0.192. The SMILES string of the molecule is O=CCc1ccc2nnc(Sc3ccc4ncc(N5CCC(O)CC5)cc4c3)n2c1. The first-order valence-corrected chi connectivity index (χ1v) is 10.8. The number of carbonyl (C=O) groups is 1. The number of aromatic nitrogens is 4. The Hall–Kier alpha value is -2.97. The molecule has 0 unspecified atom stereocenters. The van der Waals surface area contributed by atoms with Gasteiger partial charge in [-0.25, -0.2) is 0 Å². The molecule has 1 saturated heterocycles. The van der Waals surface area contributed by atoms with Crippen LogP contribution in [0.4, 0.5) is 5.69 Å². The van der Waals surface area contributed by atoms with Crippen molar-refractivity contribution in [1.29, 1.82) is 0 Å². The van der Waals surface area contributed by atoms with Crippen LogP contribution in [0, 0.1) is 0 Å². The number of pyridine rings is 2. The van der Waals surface area contributed by atoms with Gasteiger partial charge in [0, 0.05) is 36.0 Å². The summed E-state index contributed by atoms with van der Waals surface area (Å²) in [5.41, 5.74) is 3.71.